The molecule has 0 unspecified atom stereocenters. The fraction of sp³-hybridized carbons (Fsp3) is 0. The molecular formula is C10H4Cl4N2O. The van der Waals surface area contributed by atoms with Crippen LogP contribution in [0.15, 0.2) is 29.1 Å². The summed E-state index contributed by atoms with van der Waals surface area (Å²) in [6.07, 6.45) is 0. The van der Waals surface area contributed by atoms with E-state index >= 15 is 0 Å². The van der Waals surface area contributed by atoms with E-state index in [1.54, 1.807) is 24.3 Å². The lowest BCUT2D eigenvalue weighted by molar-refractivity contribution is 0.808. The van der Waals surface area contributed by atoms with Crippen molar-refractivity contribution in [2.45, 2.75) is 0 Å². The van der Waals surface area contributed by atoms with Crippen molar-refractivity contribution >= 4 is 46.4 Å². The summed E-state index contributed by atoms with van der Waals surface area (Å²) < 4.78 is 1.01. The van der Waals surface area contributed by atoms with E-state index in [0.717, 1.165) is 4.68 Å². The van der Waals surface area contributed by atoms with E-state index in [2.05, 4.69) is 5.10 Å². The Hall–Kier alpha value is -0.740. The smallest absolute Gasteiger partial charge is 0.266 e. The molecule has 2 aromatic rings. The summed E-state index contributed by atoms with van der Waals surface area (Å²) in [5, 5.41) is 3.88. The van der Waals surface area contributed by atoms with Crippen molar-refractivity contribution in [3.05, 3.63) is 54.8 Å². The first-order valence-corrected chi connectivity index (χ1v) is 5.92. The van der Waals surface area contributed by atoms with Gasteiger partial charge in [0.2, 0.25) is 0 Å². The third-order valence-corrected chi connectivity index (χ3v) is 3.52. The van der Waals surface area contributed by atoms with Crippen LogP contribution in [0.4, 0.5) is 0 Å². The van der Waals surface area contributed by atoms with Gasteiger partial charge in [0.05, 0.1) is 10.7 Å². The molecule has 3 nitrogen and oxygen atoms in total. The Morgan fingerprint density at radius 2 is 1.65 bits per heavy atom. The minimum Gasteiger partial charge on any atom is -0.266 e. The van der Waals surface area contributed by atoms with Crippen molar-refractivity contribution < 1.29 is 0 Å². The molecule has 1 aromatic carbocycles. The molecule has 0 aliphatic rings. The van der Waals surface area contributed by atoms with Gasteiger partial charge in [-0.1, -0.05) is 58.5 Å². The molecule has 17 heavy (non-hydrogen) atoms. The van der Waals surface area contributed by atoms with Crippen LogP contribution < -0.4 is 5.56 Å². The van der Waals surface area contributed by atoms with Gasteiger partial charge in [-0.2, -0.15) is 9.78 Å². The van der Waals surface area contributed by atoms with Crippen LogP contribution in [0.25, 0.3) is 5.69 Å². The van der Waals surface area contributed by atoms with Crippen LogP contribution in [-0.2, 0) is 0 Å². The third kappa shape index (κ3) is 2.29. The van der Waals surface area contributed by atoms with Gasteiger partial charge in [0.15, 0.2) is 5.15 Å². The average molecular weight is 310 g/mol. The second kappa shape index (κ2) is 4.86. The van der Waals surface area contributed by atoms with E-state index in [1.165, 1.54) is 0 Å². The molecule has 0 amide bonds. The SMILES string of the molecule is O=c1c(Cl)c(Cl)c(Cl)nn1-c1ccccc1Cl. The Morgan fingerprint density at radius 3 is 2.29 bits per heavy atom. The van der Waals surface area contributed by atoms with E-state index in [9.17, 15) is 4.79 Å². The Morgan fingerprint density at radius 1 is 1.00 bits per heavy atom. The van der Waals surface area contributed by atoms with Crippen LogP contribution in [0.3, 0.4) is 0 Å². The summed E-state index contributed by atoms with van der Waals surface area (Å²) in [6.45, 7) is 0. The molecule has 0 saturated heterocycles. The number of hydrogen-bond acceptors (Lipinski definition) is 2. The fourth-order valence-corrected chi connectivity index (χ4v) is 1.96. The number of aromatic nitrogens is 2. The first-order chi connectivity index (χ1) is 8.02. The van der Waals surface area contributed by atoms with Gasteiger partial charge in [-0.05, 0) is 12.1 Å². The molecule has 0 fully saturated rings. The van der Waals surface area contributed by atoms with Gasteiger partial charge < -0.3 is 0 Å². The van der Waals surface area contributed by atoms with Gasteiger partial charge >= 0.3 is 0 Å². The first kappa shape index (κ1) is 12.7. The highest BCUT2D eigenvalue weighted by molar-refractivity contribution is 6.47. The lowest BCUT2D eigenvalue weighted by Crippen LogP contribution is -2.22. The predicted octanol–water partition coefficient (Wildman–Crippen LogP) is 3.85. The quantitative estimate of drug-likeness (QED) is 0.802. The van der Waals surface area contributed by atoms with E-state index in [0.29, 0.717) is 10.7 Å². The lowest BCUT2D eigenvalue weighted by Gasteiger charge is -2.08. The fourth-order valence-electron chi connectivity index (χ4n) is 1.24. The van der Waals surface area contributed by atoms with Crippen molar-refractivity contribution in [1.29, 1.82) is 0 Å². The number of rotatable bonds is 1. The second-order valence-electron chi connectivity index (χ2n) is 3.09. The molecule has 1 heterocycles. The van der Waals surface area contributed by atoms with Crippen molar-refractivity contribution in [3.8, 4) is 5.69 Å². The number of hydrogen-bond donors (Lipinski definition) is 0. The second-order valence-corrected chi connectivity index (χ2v) is 4.61. The summed E-state index contributed by atoms with van der Waals surface area (Å²) in [6, 6.07) is 6.69. The van der Waals surface area contributed by atoms with E-state index < -0.39 is 5.56 Å². The zero-order valence-electron chi connectivity index (χ0n) is 8.12. The molecule has 0 bridgehead atoms. The number of halogens is 4. The number of nitrogens with zero attached hydrogens (tertiary/aromatic N) is 2. The summed E-state index contributed by atoms with van der Waals surface area (Å²) in [5.74, 6) is 0. The first-order valence-electron chi connectivity index (χ1n) is 4.41. The molecule has 0 aliphatic carbocycles. The van der Waals surface area contributed by atoms with Crippen LogP contribution >= 0.6 is 46.4 Å². The van der Waals surface area contributed by atoms with Gasteiger partial charge in [-0.25, -0.2) is 0 Å². The Bertz CT molecular complexity index is 639. The van der Waals surface area contributed by atoms with Gasteiger partial charge in [-0.15, -0.1) is 0 Å². The maximum Gasteiger partial charge on any atom is 0.291 e. The normalized spacial score (nSPS) is 10.6. The summed E-state index contributed by atoms with van der Waals surface area (Å²) in [7, 11) is 0. The van der Waals surface area contributed by atoms with E-state index in [4.69, 9.17) is 46.4 Å². The minimum atomic E-state index is -0.575. The summed E-state index contributed by atoms with van der Waals surface area (Å²) >= 11 is 23.2. The Balaban J connectivity index is 2.78. The summed E-state index contributed by atoms with van der Waals surface area (Å²) in [5.41, 5.74) is -0.186. The number of benzene rings is 1. The molecule has 7 heteroatoms. The van der Waals surface area contributed by atoms with Crippen LogP contribution in [0, 0.1) is 0 Å². The number of para-hydroxylation sites is 1. The lowest BCUT2D eigenvalue weighted by atomic mass is 10.3. The molecule has 0 spiro atoms. The predicted molar refractivity (Wildman–Crippen MR) is 69.9 cm³/mol. The largest absolute Gasteiger partial charge is 0.291 e. The molecule has 0 N–H and O–H groups in total. The molecule has 0 aliphatic heterocycles. The van der Waals surface area contributed by atoms with Crippen LogP contribution in [0.1, 0.15) is 0 Å². The van der Waals surface area contributed by atoms with Crippen molar-refractivity contribution in [2.75, 3.05) is 0 Å². The maximum atomic E-state index is 11.9. The van der Waals surface area contributed by atoms with Gasteiger partial charge in [0.25, 0.3) is 5.56 Å². The third-order valence-electron chi connectivity index (χ3n) is 2.02. The Labute approximate surface area is 116 Å². The average Bonchev–Trinajstić information content (AvgIpc) is 2.32. The van der Waals surface area contributed by atoms with Crippen LogP contribution in [-0.4, -0.2) is 9.78 Å². The van der Waals surface area contributed by atoms with Gasteiger partial charge in [0, 0.05) is 0 Å². The molecule has 1 aromatic heterocycles. The van der Waals surface area contributed by atoms with E-state index in [-0.39, 0.29) is 15.2 Å². The molecule has 0 radical (unpaired) electrons. The topological polar surface area (TPSA) is 34.9 Å². The maximum absolute atomic E-state index is 11.9. The standard InChI is InChI=1S/C10H4Cl4N2O/c11-5-3-1-2-4-6(5)16-10(17)8(13)7(12)9(14)15-16/h1-4H. The highest BCUT2D eigenvalue weighted by Gasteiger charge is 2.15. The van der Waals surface area contributed by atoms with Crippen LogP contribution in [0.2, 0.25) is 20.2 Å². The molecular weight excluding hydrogens is 306 g/mol. The van der Waals surface area contributed by atoms with Gasteiger partial charge in [0.1, 0.15) is 10.0 Å². The zero-order chi connectivity index (χ0) is 12.6. The highest BCUT2D eigenvalue weighted by atomic mass is 35.5. The van der Waals surface area contributed by atoms with Gasteiger partial charge in [-0.3, -0.25) is 4.79 Å². The minimum absolute atomic E-state index is 0.0591. The summed E-state index contributed by atoms with van der Waals surface area (Å²) in [4.78, 5) is 11.9. The monoisotopic (exact) mass is 308 g/mol. The van der Waals surface area contributed by atoms with Crippen molar-refractivity contribution in [1.82, 2.24) is 9.78 Å². The highest BCUT2D eigenvalue weighted by Crippen LogP contribution is 2.26. The molecule has 0 saturated carbocycles. The van der Waals surface area contributed by atoms with Crippen LogP contribution in [0.5, 0.6) is 0 Å². The molecule has 2 rings (SSSR count). The zero-order valence-corrected chi connectivity index (χ0v) is 11.1. The van der Waals surface area contributed by atoms with Crippen molar-refractivity contribution in [2.24, 2.45) is 0 Å². The van der Waals surface area contributed by atoms with Crippen molar-refractivity contribution in [3.63, 3.8) is 0 Å². The Kier molecular flexibility index (Phi) is 3.64. The van der Waals surface area contributed by atoms with E-state index in [1.807, 2.05) is 0 Å². The molecule has 0 atom stereocenters. The molecule has 88 valence electrons.